The number of nitrogens with zero attached hydrogens (tertiary/aromatic N) is 5. The molecule has 0 fully saturated rings. The summed E-state index contributed by atoms with van der Waals surface area (Å²) < 4.78 is 0. The van der Waals surface area contributed by atoms with Gasteiger partial charge in [0.05, 0.1) is 49.9 Å². The number of benzene rings is 1. The molecule has 0 saturated carbocycles. The summed E-state index contributed by atoms with van der Waals surface area (Å²) in [5, 5.41) is 33.8. The van der Waals surface area contributed by atoms with E-state index in [1.54, 1.807) is 42.9 Å². The monoisotopic (exact) mass is 627 g/mol. The topological polar surface area (TPSA) is 164 Å². The van der Waals surface area contributed by atoms with Crippen LogP contribution in [0.4, 0.5) is 5.69 Å². The molecule has 5 N–H and O–H groups in total. The van der Waals surface area contributed by atoms with E-state index in [1.807, 2.05) is 54.6 Å². The molecule has 0 spiro atoms. The normalized spacial score (nSPS) is 11.5. The van der Waals surface area contributed by atoms with Crippen molar-refractivity contribution in [2.45, 2.75) is 31.6 Å². The molecule has 3 heterocycles. The van der Waals surface area contributed by atoms with Gasteiger partial charge in [-0.25, -0.2) is 0 Å². The molecule has 12 nitrogen and oxygen atoms in total. The van der Waals surface area contributed by atoms with E-state index in [0.717, 1.165) is 17.1 Å². The van der Waals surface area contributed by atoms with Crippen LogP contribution in [0.15, 0.2) is 97.5 Å². The van der Waals surface area contributed by atoms with Gasteiger partial charge in [-0.3, -0.25) is 34.3 Å². The maximum Gasteiger partial charge on any atom is 0.238 e. The van der Waals surface area contributed by atoms with E-state index >= 15 is 0 Å². The number of hydrogen-bond donors (Lipinski definition) is 5. The van der Waals surface area contributed by atoms with Crippen LogP contribution in [0, 0.1) is 0 Å². The molecule has 0 bridgehead atoms. The van der Waals surface area contributed by atoms with Gasteiger partial charge in [0, 0.05) is 57.0 Å². The molecule has 1 aromatic carbocycles. The zero-order chi connectivity index (χ0) is 32.6. The molecule has 0 saturated heterocycles. The first-order valence-electron chi connectivity index (χ1n) is 15.1. The summed E-state index contributed by atoms with van der Waals surface area (Å²) in [5.41, 5.74) is 2.50. The number of carbonyl (C=O) groups is 2. The third kappa shape index (κ3) is 11.1. The van der Waals surface area contributed by atoms with E-state index in [1.165, 1.54) is 0 Å². The average Bonchev–Trinajstić information content (AvgIpc) is 3.08. The molecule has 3 aromatic heterocycles. The van der Waals surface area contributed by atoms with Gasteiger partial charge < -0.3 is 26.0 Å². The minimum Gasteiger partial charge on any atom is -0.394 e. The zero-order valence-electron chi connectivity index (χ0n) is 25.7. The minimum absolute atomic E-state index is 0.0265. The highest BCUT2D eigenvalue weighted by atomic mass is 16.3. The number of nitrogens with one attached hydrogen (secondary N) is 2. The van der Waals surface area contributed by atoms with E-state index in [-0.39, 0.29) is 18.9 Å². The van der Waals surface area contributed by atoms with Crippen LogP contribution in [0.5, 0.6) is 0 Å². The number of pyridine rings is 3. The van der Waals surface area contributed by atoms with Gasteiger partial charge in [-0.2, -0.15) is 0 Å². The SMILES string of the molecule is O=C(CN(CCN(Cc1ccccn1)Cc1ccccn1)Cc1ccccn1)Nc1ccc(CC(=O)NC(CO)(CO)CO)cc1. The standard InChI is InChI=1S/C34H41N7O5/c42-24-34(25-43,26-44)39-32(45)19-27-10-12-28(13-11-27)38-33(46)23-41(22-31-9-3-6-16-37-31)18-17-40(20-29-7-1-4-14-35-29)21-30-8-2-5-15-36-30/h1-16,42-44H,17-26H2,(H,38,46)(H,39,45). The molecule has 12 heteroatoms. The number of carbonyl (C=O) groups excluding carboxylic acids is 2. The first-order chi connectivity index (χ1) is 22.4. The van der Waals surface area contributed by atoms with Crippen LogP contribution in [0.3, 0.4) is 0 Å². The van der Waals surface area contributed by atoms with Crippen molar-refractivity contribution in [3.05, 3.63) is 120 Å². The summed E-state index contributed by atoms with van der Waals surface area (Å²) in [6.07, 6.45) is 5.27. The van der Waals surface area contributed by atoms with E-state index in [4.69, 9.17) is 0 Å². The highest BCUT2D eigenvalue weighted by Gasteiger charge is 2.29. The quantitative estimate of drug-likeness (QED) is 0.109. The summed E-state index contributed by atoms with van der Waals surface area (Å²) >= 11 is 0. The van der Waals surface area contributed by atoms with Crippen molar-refractivity contribution in [1.82, 2.24) is 30.1 Å². The van der Waals surface area contributed by atoms with Gasteiger partial charge >= 0.3 is 0 Å². The van der Waals surface area contributed by atoms with Crippen molar-refractivity contribution in [3.63, 3.8) is 0 Å². The molecule has 0 aliphatic rings. The van der Waals surface area contributed by atoms with Gasteiger partial charge in [-0.15, -0.1) is 0 Å². The van der Waals surface area contributed by atoms with Crippen LogP contribution in [0.25, 0.3) is 0 Å². The molecule has 0 unspecified atom stereocenters. The molecular formula is C34H41N7O5. The van der Waals surface area contributed by atoms with Crippen molar-refractivity contribution in [2.24, 2.45) is 0 Å². The molecular weight excluding hydrogens is 586 g/mol. The van der Waals surface area contributed by atoms with Crippen LogP contribution in [-0.4, -0.2) is 96.9 Å². The minimum atomic E-state index is -1.49. The summed E-state index contributed by atoms with van der Waals surface area (Å²) in [4.78, 5) is 43.4. The molecule has 46 heavy (non-hydrogen) atoms. The Labute approximate surface area is 268 Å². The second-order valence-electron chi connectivity index (χ2n) is 11.1. The van der Waals surface area contributed by atoms with E-state index < -0.39 is 31.3 Å². The van der Waals surface area contributed by atoms with Crippen molar-refractivity contribution < 1.29 is 24.9 Å². The average molecular weight is 628 g/mol. The van der Waals surface area contributed by atoms with Crippen molar-refractivity contribution >= 4 is 17.5 Å². The third-order valence-electron chi connectivity index (χ3n) is 7.35. The second-order valence-corrected chi connectivity index (χ2v) is 11.1. The molecule has 4 aromatic rings. The number of amides is 2. The van der Waals surface area contributed by atoms with Gasteiger partial charge in [0.25, 0.3) is 0 Å². The summed E-state index contributed by atoms with van der Waals surface area (Å²) in [7, 11) is 0. The van der Waals surface area contributed by atoms with Gasteiger partial charge in [-0.05, 0) is 54.1 Å². The predicted molar refractivity (Wildman–Crippen MR) is 173 cm³/mol. The fourth-order valence-electron chi connectivity index (χ4n) is 4.78. The van der Waals surface area contributed by atoms with Crippen LogP contribution < -0.4 is 10.6 Å². The zero-order valence-corrected chi connectivity index (χ0v) is 25.7. The van der Waals surface area contributed by atoms with Crippen LogP contribution in [0.1, 0.15) is 22.6 Å². The molecule has 242 valence electrons. The van der Waals surface area contributed by atoms with Gasteiger partial charge in [0.2, 0.25) is 11.8 Å². The Bertz CT molecular complexity index is 1420. The Kier molecular flexibility index (Phi) is 13.3. The van der Waals surface area contributed by atoms with Gasteiger partial charge in [0.15, 0.2) is 0 Å². The summed E-state index contributed by atoms with van der Waals surface area (Å²) in [6, 6.07) is 24.3. The first kappa shape index (κ1) is 34.3. The van der Waals surface area contributed by atoms with Gasteiger partial charge in [0.1, 0.15) is 5.54 Å². The number of anilines is 1. The maximum atomic E-state index is 13.2. The highest BCUT2D eigenvalue weighted by Crippen LogP contribution is 2.13. The van der Waals surface area contributed by atoms with E-state index in [0.29, 0.717) is 44.0 Å². The Morgan fingerprint density at radius 2 is 1.11 bits per heavy atom. The Morgan fingerprint density at radius 3 is 1.57 bits per heavy atom. The smallest absolute Gasteiger partial charge is 0.238 e. The first-order valence-corrected chi connectivity index (χ1v) is 15.1. The predicted octanol–water partition coefficient (Wildman–Crippen LogP) is 1.39. The van der Waals surface area contributed by atoms with Crippen molar-refractivity contribution in [2.75, 3.05) is 44.8 Å². The molecule has 2 amide bonds. The van der Waals surface area contributed by atoms with E-state index in [2.05, 4.69) is 35.4 Å². The molecule has 0 aliphatic heterocycles. The Balaban J connectivity index is 1.38. The lowest BCUT2D eigenvalue weighted by molar-refractivity contribution is -0.124. The molecule has 0 atom stereocenters. The number of rotatable bonds is 18. The number of aliphatic hydroxyl groups excluding tert-OH is 3. The van der Waals surface area contributed by atoms with Crippen LogP contribution in [-0.2, 0) is 35.6 Å². The third-order valence-corrected chi connectivity index (χ3v) is 7.35. The van der Waals surface area contributed by atoms with Crippen LogP contribution in [0.2, 0.25) is 0 Å². The maximum absolute atomic E-state index is 13.2. The Morgan fingerprint density at radius 1 is 0.630 bits per heavy atom. The second kappa shape index (κ2) is 17.8. The Hall–Kier alpha value is -4.59. The fourth-order valence-corrected chi connectivity index (χ4v) is 4.78. The lowest BCUT2D eigenvalue weighted by atomic mass is 10.0. The van der Waals surface area contributed by atoms with Gasteiger partial charge in [-0.1, -0.05) is 30.3 Å². The number of hydrogen-bond acceptors (Lipinski definition) is 10. The number of aromatic nitrogens is 3. The van der Waals surface area contributed by atoms with Crippen molar-refractivity contribution in [3.8, 4) is 0 Å². The molecule has 0 aliphatic carbocycles. The highest BCUT2D eigenvalue weighted by molar-refractivity contribution is 5.92. The lowest BCUT2D eigenvalue weighted by Gasteiger charge is -2.28. The van der Waals surface area contributed by atoms with E-state index in [9.17, 15) is 24.9 Å². The fraction of sp³-hybridized carbons (Fsp3) is 0.324. The summed E-state index contributed by atoms with van der Waals surface area (Å²) in [5.74, 6) is -0.653. The van der Waals surface area contributed by atoms with Crippen molar-refractivity contribution in [1.29, 1.82) is 0 Å². The number of aliphatic hydroxyl groups is 3. The van der Waals surface area contributed by atoms with Crippen LogP contribution >= 0.6 is 0 Å². The summed E-state index contributed by atoms with van der Waals surface area (Å²) in [6.45, 7) is 1.34. The largest absolute Gasteiger partial charge is 0.394 e. The molecule has 4 rings (SSSR count). The molecule has 0 radical (unpaired) electrons. The lowest BCUT2D eigenvalue weighted by Crippen LogP contribution is -2.57.